The van der Waals surface area contributed by atoms with Gasteiger partial charge >= 0.3 is 33.5 Å². The Bertz CT molecular complexity index is 4710. The molecule has 22 nitrogen and oxygen atoms in total. The van der Waals surface area contributed by atoms with Gasteiger partial charge in [0.15, 0.2) is 0 Å². The number of carbonyl (C=O) groups excluding carboxylic acids is 8. The molecule has 110 heavy (non-hydrogen) atoms. The third-order valence-corrected chi connectivity index (χ3v) is 16.1. The average Bonchev–Trinajstić information content (AvgIpc) is 0.762. The van der Waals surface area contributed by atoms with Gasteiger partial charge in [0.1, 0.15) is 51.7 Å². The van der Waals surface area contributed by atoms with Gasteiger partial charge in [0.25, 0.3) is 0 Å². The van der Waals surface area contributed by atoms with Crippen molar-refractivity contribution in [1.82, 2.24) is 0 Å². The maximum Gasteiger partial charge on any atom is 2.00 e. The Hall–Kier alpha value is -10.3. The molecule has 0 spiro atoms. The number of phenolic OH excluding ortho intramolecular Hbond substituents is 4. The normalized spacial score (nSPS) is 11.8. The topological polar surface area (TPSA) is 338 Å². The molecular weight excluding hydrogens is 1650 g/mol. The van der Waals surface area contributed by atoms with Gasteiger partial charge in [-0.3, -0.25) is 48.3 Å². The molecule has 0 bridgehead atoms. The first kappa shape index (κ1) is 92.1. The predicted molar refractivity (Wildman–Crippen MR) is 421 cm³/mol. The molecule has 6 N–H and O–H groups in total. The van der Waals surface area contributed by atoms with E-state index in [4.69, 9.17) is 61.8 Å². The molecule has 0 aromatic heterocycles. The van der Waals surface area contributed by atoms with Crippen molar-refractivity contribution in [3.8, 4) is 90.9 Å². The van der Waals surface area contributed by atoms with Crippen LogP contribution in [0, 0.1) is 6.07 Å². The van der Waals surface area contributed by atoms with Gasteiger partial charge in [0, 0.05) is 54.7 Å². The standard InChI is InChI=1S/C18H18N2O4.C16H12O4.C16H14O4.C14H8O4.C7H7BrO.C7H7O.C2Cl2O2.CH2Cl2.BrH.Mg/c21-7-5-19-17-15-9-11(23)1-3-13(15)14-4-2-12(24)10-16(14)18(17)20-6-8-22;1-19-9-3-5-11-12-6-4-10(20-2)8-14(12)16(18)15(17)13(11)7-9;1-19-13-7-3-5-11(9-13)15(17)16(18)12-6-4-8-14(10-12)20-2;15-7-1-3-9-10-4-2-8(16)6-12(10)14(18)13(17)11(9)5-7;1-9-7-4-2-3-6(8)5-7;1-8-7-5-3-2-4-6-7;3-1(5)2(4)6;2-1-3;;/h1-4,9-10,21-24H,5-8H2;3-8H,1-2H3;3-10H,1-2H3;1-6,15-16H;2-5H,1H3;2-3,5-6H,1H3;;1H2;1H;/q;;;;;-1;;;;+2/p-1. The number of hydrogen-bond donors (Lipinski definition) is 6. The van der Waals surface area contributed by atoms with E-state index in [0.29, 0.717) is 78.9 Å². The molecule has 0 radical (unpaired) electrons. The predicted octanol–water partition coefficient (Wildman–Crippen LogP) is 11.5. The molecule has 0 saturated heterocycles. The van der Waals surface area contributed by atoms with E-state index in [1.54, 1.807) is 154 Å². The largest absolute Gasteiger partial charge is 2.00 e. The third kappa shape index (κ3) is 25.4. The quantitative estimate of drug-likeness (QED) is 0.0147. The number of aliphatic hydroxyl groups excluding tert-OH is 2. The second-order valence-corrected chi connectivity index (χ2v) is 24.3. The molecule has 0 heterocycles. The minimum absolute atomic E-state index is 0. The summed E-state index contributed by atoms with van der Waals surface area (Å²) in [7, 11) is 9.36. The Morgan fingerprint density at radius 3 is 0.945 bits per heavy atom. The number of benzene rings is 10. The molecule has 10 aromatic carbocycles. The van der Waals surface area contributed by atoms with Gasteiger partial charge in [-0.05, 0) is 196 Å². The van der Waals surface area contributed by atoms with E-state index in [1.807, 2.05) is 42.5 Å². The zero-order valence-corrected chi connectivity index (χ0v) is 67.0. The molecule has 0 saturated carbocycles. The minimum Gasteiger partial charge on any atom is -1.00 e. The Kier molecular flexibility index (Phi) is 38.7. The van der Waals surface area contributed by atoms with Crippen LogP contribution in [0.1, 0.15) is 73.3 Å². The Labute approximate surface area is 687 Å². The van der Waals surface area contributed by atoms with Gasteiger partial charge in [-0.1, -0.05) is 58.4 Å². The van der Waals surface area contributed by atoms with Crippen molar-refractivity contribution in [2.75, 3.05) is 74.3 Å². The molecule has 0 aliphatic heterocycles. The van der Waals surface area contributed by atoms with Crippen LogP contribution in [-0.2, 0) is 9.59 Å². The van der Waals surface area contributed by atoms with E-state index in [0.717, 1.165) is 38.2 Å². The molecular formula is C81H68Br2Cl4MgN2O20. The number of phenols is 4. The van der Waals surface area contributed by atoms with Crippen molar-refractivity contribution in [3.63, 3.8) is 0 Å². The number of hydrogen-bond acceptors (Lipinski definition) is 22. The number of aliphatic hydroxyl groups is 2. The van der Waals surface area contributed by atoms with Crippen molar-refractivity contribution >= 4 is 142 Å². The summed E-state index contributed by atoms with van der Waals surface area (Å²) >= 11 is 21.8. The Balaban J connectivity index is 0.000000278. The van der Waals surface area contributed by atoms with E-state index in [1.165, 1.54) is 52.7 Å². The molecule has 29 heteroatoms. The van der Waals surface area contributed by atoms with Crippen molar-refractivity contribution in [2.24, 2.45) is 9.98 Å². The number of aliphatic imine (C=N–C) groups is 2. The zero-order chi connectivity index (χ0) is 79.1. The van der Waals surface area contributed by atoms with Gasteiger partial charge in [-0.25, -0.2) is 0 Å². The maximum atomic E-state index is 12.2. The number of methoxy groups -OCH3 is 6. The third-order valence-electron chi connectivity index (χ3n) is 15.2. The average molecular weight is 1720 g/mol. The first-order chi connectivity index (χ1) is 51.8. The Morgan fingerprint density at radius 1 is 0.382 bits per heavy atom. The molecule has 13 rings (SSSR count). The van der Waals surface area contributed by atoms with E-state index < -0.39 is 45.2 Å². The van der Waals surface area contributed by atoms with Crippen LogP contribution in [0.3, 0.4) is 0 Å². The minimum atomic E-state index is -1.14. The van der Waals surface area contributed by atoms with Crippen LogP contribution >= 0.6 is 62.3 Å². The summed E-state index contributed by atoms with van der Waals surface area (Å²) in [6, 6.07) is 60.0. The maximum absolute atomic E-state index is 12.2. The van der Waals surface area contributed by atoms with E-state index in [9.17, 15) is 58.8 Å². The number of aromatic hydroxyl groups is 4. The smallest absolute Gasteiger partial charge is 1.00 e. The fourth-order valence-electron chi connectivity index (χ4n) is 10.3. The van der Waals surface area contributed by atoms with Gasteiger partial charge in [-0.2, -0.15) is 18.2 Å². The zero-order valence-electron chi connectivity index (χ0n) is 59.4. The second-order valence-electron chi connectivity index (χ2n) is 21.8. The molecule has 0 atom stereocenters. The SMILES string of the molecule is COc1c[c-]ccc1.COc1ccc2c(c1)C(=O)C(=O)c1cc(OC)ccc1-2.COc1cccc(Br)c1.COc1cccc(C(=O)C(=O)c2cccc(OC)c2)c1.ClCCl.O=C(Cl)C(=O)Cl.O=C1C(=O)c2cc(O)ccc2-c2ccc(O)cc21.OCCN=C1C(=NCCO)c2cc(O)ccc2-c2ccc(O)cc21.[Br-].[Mg+2]. The van der Waals surface area contributed by atoms with Crippen LogP contribution in [-0.4, -0.2) is 185 Å². The summed E-state index contributed by atoms with van der Waals surface area (Å²) < 4.78 is 31.2. The van der Waals surface area contributed by atoms with E-state index in [-0.39, 0.29) is 106 Å². The van der Waals surface area contributed by atoms with Crippen LogP contribution in [0.4, 0.5) is 0 Å². The van der Waals surface area contributed by atoms with Crippen LogP contribution < -0.4 is 45.4 Å². The first-order valence-corrected chi connectivity index (χ1v) is 34.3. The first-order valence-electron chi connectivity index (χ1n) is 31.7. The van der Waals surface area contributed by atoms with Gasteiger partial charge in [-0.15, -0.1) is 35.3 Å². The molecule has 0 amide bonds. The van der Waals surface area contributed by atoms with Crippen LogP contribution in [0.25, 0.3) is 33.4 Å². The van der Waals surface area contributed by atoms with Crippen molar-refractivity contribution < 1.29 is 114 Å². The van der Waals surface area contributed by atoms with Gasteiger partial charge in [0.05, 0.1) is 85.7 Å². The molecule has 3 aliphatic carbocycles. The fourth-order valence-corrected chi connectivity index (χ4v) is 10.6. The van der Waals surface area contributed by atoms with Crippen LogP contribution in [0.5, 0.6) is 57.5 Å². The number of alkyl halides is 2. The van der Waals surface area contributed by atoms with Crippen LogP contribution in [0.15, 0.2) is 221 Å². The van der Waals surface area contributed by atoms with Gasteiger partial charge in [0.2, 0.25) is 34.7 Å². The molecule has 0 fully saturated rings. The number of Topliss-reactive ketones (excluding diaryl/α,β-unsaturated/α-hetero) is 6. The number of ketones is 6. The van der Waals surface area contributed by atoms with Crippen molar-refractivity contribution in [2.45, 2.75) is 0 Å². The summed E-state index contributed by atoms with van der Waals surface area (Å²) in [4.78, 5) is 100. The summed E-state index contributed by atoms with van der Waals surface area (Å²) in [5.41, 5.74) is 8.62. The number of carbonyl (C=O) groups is 8. The molecule has 3 aliphatic rings. The second kappa shape index (κ2) is 46.3. The summed E-state index contributed by atoms with van der Waals surface area (Å²) in [6.07, 6.45) is 0. The number of nitrogens with zero attached hydrogens (tertiary/aromatic N) is 2. The number of fused-ring (bicyclic) bond motifs is 9. The summed E-state index contributed by atoms with van der Waals surface area (Å²) in [5.74, 6) is 0.508. The van der Waals surface area contributed by atoms with Crippen molar-refractivity contribution in [3.05, 3.63) is 261 Å². The number of rotatable bonds is 14. The fraction of sp³-hybridized carbons (Fsp3) is 0.136. The number of ether oxygens (including phenoxy) is 6. The summed E-state index contributed by atoms with van der Waals surface area (Å²) in [5, 5.41) is 54.6. The van der Waals surface area contributed by atoms with Gasteiger partial charge < -0.3 is 76.0 Å². The molecule has 566 valence electrons. The van der Waals surface area contributed by atoms with E-state index in [2.05, 4.69) is 55.2 Å². The van der Waals surface area contributed by atoms with E-state index >= 15 is 0 Å². The monoisotopic (exact) mass is 1710 g/mol. The molecule has 10 aromatic rings. The number of halogens is 6. The summed E-state index contributed by atoms with van der Waals surface area (Å²) in [6.45, 7) is 0.156. The van der Waals surface area contributed by atoms with Crippen LogP contribution in [0.2, 0.25) is 0 Å². The molecule has 0 unspecified atom stereocenters. The Morgan fingerprint density at radius 2 is 0.664 bits per heavy atom. The van der Waals surface area contributed by atoms with Crippen molar-refractivity contribution in [1.29, 1.82) is 0 Å².